The third-order valence-corrected chi connectivity index (χ3v) is 5.70. The third kappa shape index (κ3) is 6.35. The van der Waals surface area contributed by atoms with Crippen LogP contribution < -0.4 is 10.6 Å². The molecule has 1 atom stereocenters. The lowest BCUT2D eigenvalue weighted by Gasteiger charge is -2.20. The molecule has 0 aliphatic heterocycles. The summed E-state index contributed by atoms with van der Waals surface area (Å²) >= 11 is 0. The Labute approximate surface area is 212 Å². The van der Waals surface area contributed by atoms with Crippen molar-refractivity contribution in [2.24, 2.45) is 5.41 Å². The fourth-order valence-electron chi connectivity index (χ4n) is 3.78. The Balaban J connectivity index is 1.58. The molecule has 3 N–H and O–H groups in total. The van der Waals surface area contributed by atoms with Crippen LogP contribution in [-0.2, 0) is 6.18 Å². The molecule has 3 aromatic carbocycles. The van der Waals surface area contributed by atoms with Crippen molar-refractivity contribution in [2.45, 2.75) is 33.0 Å². The quantitative estimate of drug-likeness (QED) is 0.304. The second-order valence-electron chi connectivity index (χ2n) is 10.00. The normalized spacial score (nSPS) is 12.8. The van der Waals surface area contributed by atoms with Crippen LogP contribution in [0, 0.1) is 5.41 Å². The Bertz CT molecular complexity index is 1410. The van der Waals surface area contributed by atoms with Gasteiger partial charge in [-0.3, -0.25) is 9.59 Å². The number of H-pyrrole nitrogens is 1. The summed E-state index contributed by atoms with van der Waals surface area (Å²) in [6.45, 7) is 6.56. The summed E-state index contributed by atoms with van der Waals surface area (Å²) < 4.78 is 39.3. The van der Waals surface area contributed by atoms with Gasteiger partial charge in [0, 0.05) is 17.7 Å². The van der Waals surface area contributed by atoms with Crippen molar-refractivity contribution in [1.29, 1.82) is 0 Å². The van der Waals surface area contributed by atoms with E-state index in [1.54, 1.807) is 36.4 Å². The molecule has 1 unspecified atom stereocenters. The van der Waals surface area contributed by atoms with Crippen molar-refractivity contribution < 1.29 is 22.8 Å². The summed E-state index contributed by atoms with van der Waals surface area (Å²) in [7, 11) is 0. The van der Waals surface area contributed by atoms with Crippen LogP contribution in [0.25, 0.3) is 11.0 Å². The number of aromatic nitrogens is 2. The minimum Gasteiger partial charge on any atom is -0.352 e. The zero-order valence-electron chi connectivity index (χ0n) is 20.6. The Morgan fingerprint density at radius 2 is 1.49 bits per heavy atom. The zero-order chi connectivity index (χ0) is 26.8. The largest absolute Gasteiger partial charge is 0.449 e. The van der Waals surface area contributed by atoms with E-state index in [0.717, 1.165) is 5.56 Å². The molecule has 37 heavy (non-hydrogen) atoms. The lowest BCUT2D eigenvalue weighted by atomic mass is 9.97. The van der Waals surface area contributed by atoms with E-state index >= 15 is 0 Å². The van der Waals surface area contributed by atoms with E-state index in [9.17, 15) is 22.8 Å². The van der Waals surface area contributed by atoms with Crippen molar-refractivity contribution in [3.63, 3.8) is 0 Å². The molecule has 0 aliphatic rings. The Hall–Kier alpha value is -4.14. The van der Waals surface area contributed by atoms with Gasteiger partial charge in [0.15, 0.2) is 0 Å². The molecule has 9 heteroatoms. The van der Waals surface area contributed by atoms with E-state index in [1.165, 1.54) is 6.07 Å². The number of amides is 2. The molecule has 0 saturated carbocycles. The number of imidazole rings is 1. The summed E-state index contributed by atoms with van der Waals surface area (Å²) in [6, 6.07) is 19.5. The summed E-state index contributed by atoms with van der Waals surface area (Å²) in [4.78, 5) is 31.5. The molecule has 2 amide bonds. The van der Waals surface area contributed by atoms with E-state index in [-0.39, 0.29) is 22.4 Å². The molecule has 1 aromatic heterocycles. The predicted molar refractivity (Wildman–Crippen MR) is 135 cm³/mol. The summed E-state index contributed by atoms with van der Waals surface area (Å²) in [5, 5.41) is 5.84. The number of fused-ring (bicyclic) bond motifs is 1. The van der Waals surface area contributed by atoms with Gasteiger partial charge in [-0.25, -0.2) is 4.98 Å². The standard InChI is InChI=1S/C28H27F3N4O2/c1-27(2,3)16-32-24(36)18-9-11-19(12-10-18)25(37)35-23(17-7-5-4-6-8-17)20-13-14-21-22(15-20)34-26(33-21)28(29,30)31/h4-15,23H,16H2,1-3H3,(H,32,36)(H,33,34)(H,35,37). The van der Waals surface area contributed by atoms with Crippen LogP contribution in [0.15, 0.2) is 72.8 Å². The highest BCUT2D eigenvalue weighted by Crippen LogP contribution is 2.30. The number of hydrogen-bond donors (Lipinski definition) is 3. The van der Waals surface area contributed by atoms with Gasteiger partial charge in [-0.2, -0.15) is 13.2 Å². The summed E-state index contributed by atoms with van der Waals surface area (Å²) in [5.41, 5.74) is 2.45. The first-order valence-electron chi connectivity index (χ1n) is 11.7. The number of benzene rings is 3. The molecular formula is C28H27F3N4O2. The van der Waals surface area contributed by atoms with Gasteiger partial charge in [0.05, 0.1) is 17.1 Å². The molecule has 4 aromatic rings. The van der Waals surface area contributed by atoms with Gasteiger partial charge in [0.2, 0.25) is 5.82 Å². The lowest BCUT2D eigenvalue weighted by Crippen LogP contribution is -2.32. The Morgan fingerprint density at radius 1 is 0.865 bits per heavy atom. The SMILES string of the molecule is CC(C)(C)CNC(=O)c1ccc(C(=O)NC(c2ccccc2)c2ccc3nc(C(F)(F)F)[nH]c3c2)cc1. The van der Waals surface area contributed by atoms with Crippen LogP contribution in [0.5, 0.6) is 0 Å². The van der Waals surface area contributed by atoms with Gasteiger partial charge >= 0.3 is 6.18 Å². The first kappa shape index (κ1) is 25.9. The molecule has 0 spiro atoms. The van der Waals surface area contributed by atoms with Crippen LogP contribution in [0.1, 0.15) is 64.5 Å². The number of aromatic amines is 1. The highest BCUT2D eigenvalue weighted by Gasteiger charge is 2.34. The fraction of sp³-hybridized carbons (Fsp3) is 0.250. The maximum Gasteiger partial charge on any atom is 0.449 e. The number of carbonyl (C=O) groups is 2. The van der Waals surface area contributed by atoms with Gasteiger partial charge in [-0.15, -0.1) is 0 Å². The van der Waals surface area contributed by atoms with Gasteiger partial charge in [-0.1, -0.05) is 57.2 Å². The van der Waals surface area contributed by atoms with Gasteiger partial charge in [0.25, 0.3) is 11.8 Å². The van der Waals surface area contributed by atoms with Crippen molar-refractivity contribution >= 4 is 22.8 Å². The highest BCUT2D eigenvalue weighted by atomic mass is 19.4. The van der Waals surface area contributed by atoms with Crippen molar-refractivity contribution in [3.8, 4) is 0 Å². The number of nitrogens with zero attached hydrogens (tertiary/aromatic N) is 1. The first-order valence-corrected chi connectivity index (χ1v) is 11.7. The van der Waals surface area contributed by atoms with E-state index in [4.69, 9.17) is 0 Å². The van der Waals surface area contributed by atoms with Crippen LogP contribution in [0.2, 0.25) is 0 Å². The van der Waals surface area contributed by atoms with Crippen LogP contribution >= 0.6 is 0 Å². The van der Waals surface area contributed by atoms with Crippen molar-refractivity contribution in [1.82, 2.24) is 20.6 Å². The molecule has 0 aliphatic carbocycles. The number of carbonyl (C=O) groups excluding carboxylic acids is 2. The predicted octanol–water partition coefficient (Wildman–Crippen LogP) is 5.88. The molecule has 1 heterocycles. The highest BCUT2D eigenvalue weighted by molar-refractivity contribution is 5.98. The number of halogens is 3. The number of hydrogen-bond acceptors (Lipinski definition) is 3. The minimum absolute atomic E-state index is 0.0601. The number of nitrogens with one attached hydrogen (secondary N) is 3. The van der Waals surface area contributed by atoms with Crippen LogP contribution in [0.3, 0.4) is 0 Å². The van der Waals surface area contributed by atoms with Crippen LogP contribution in [-0.4, -0.2) is 28.3 Å². The third-order valence-electron chi connectivity index (χ3n) is 5.70. The average Bonchev–Trinajstić information content (AvgIpc) is 3.30. The van der Waals surface area contributed by atoms with Gasteiger partial charge in [-0.05, 0) is 52.9 Å². The Kier molecular flexibility index (Phi) is 7.07. The topological polar surface area (TPSA) is 86.9 Å². The zero-order valence-corrected chi connectivity index (χ0v) is 20.6. The van der Waals surface area contributed by atoms with Crippen LogP contribution in [0.4, 0.5) is 13.2 Å². The average molecular weight is 509 g/mol. The maximum absolute atomic E-state index is 13.2. The van der Waals surface area contributed by atoms with Crippen molar-refractivity contribution in [3.05, 3.63) is 101 Å². The molecular weight excluding hydrogens is 481 g/mol. The van der Waals surface area contributed by atoms with E-state index in [1.807, 2.05) is 51.1 Å². The molecule has 0 radical (unpaired) electrons. The molecule has 4 rings (SSSR count). The summed E-state index contributed by atoms with van der Waals surface area (Å²) in [5.74, 6) is -1.70. The summed E-state index contributed by atoms with van der Waals surface area (Å²) in [6.07, 6.45) is -4.60. The van der Waals surface area contributed by atoms with Gasteiger partial charge in [0.1, 0.15) is 0 Å². The monoisotopic (exact) mass is 508 g/mol. The smallest absolute Gasteiger partial charge is 0.352 e. The first-order chi connectivity index (χ1) is 17.4. The molecule has 192 valence electrons. The number of alkyl halides is 3. The second-order valence-corrected chi connectivity index (χ2v) is 10.00. The fourth-order valence-corrected chi connectivity index (χ4v) is 3.78. The molecule has 0 fully saturated rings. The van der Waals surface area contributed by atoms with E-state index in [2.05, 4.69) is 20.6 Å². The van der Waals surface area contributed by atoms with Gasteiger partial charge < -0.3 is 15.6 Å². The molecule has 6 nitrogen and oxygen atoms in total. The Morgan fingerprint density at radius 3 is 2.08 bits per heavy atom. The van der Waals surface area contributed by atoms with Crippen molar-refractivity contribution in [2.75, 3.05) is 6.54 Å². The molecule has 0 saturated heterocycles. The minimum atomic E-state index is -4.60. The maximum atomic E-state index is 13.2. The van der Waals surface area contributed by atoms with E-state index < -0.39 is 23.9 Å². The lowest BCUT2D eigenvalue weighted by molar-refractivity contribution is -0.144. The number of rotatable bonds is 6. The second kappa shape index (κ2) is 10.1. The van der Waals surface area contributed by atoms with E-state index in [0.29, 0.717) is 23.2 Å². The molecule has 0 bridgehead atoms.